The molecule has 0 aliphatic rings. The minimum atomic E-state index is -1.11. The molecule has 0 spiro atoms. The summed E-state index contributed by atoms with van der Waals surface area (Å²) in [4.78, 5) is 4.35. The number of benzene rings is 1. The van der Waals surface area contributed by atoms with Gasteiger partial charge in [-0.1, -0.05) is 50.6 Å². The van der Waals surface area contributed by atoms with Gasteiger partial charge in [0.1, 0.15) is 5.60 Å². The van der Waals surface area contributed by atoms with Crippen molar-refractivity contribution in [2.24, 2.45) is 5.41 Å². The van der Waals surface area contributed by atoms with Crippen LogP contribution in [-0.4, -0.2) is 10.1 Å². The van der Waals surface area contributed by atoms with Gasteiger partial charge in [-0.15, -0.1) is 0 Å². The molecule has 1 aromatic heterocycles. The van der Waals surface area contributed by atoms with Crippen molar-refractivity contribution in [3.05, 3.63) is 64.9 Å². The second-order valence-corrected chi connectivity index (χ2v) is 6.76. The van der Waals surface area contributed by atoms with Crippen molar-refractivity contribution in [1.82, 2.24) is 4.98 Å². The van der Waals surface area contributed by atoms with E-state index in [4.69, 9.17) is 11.6 Å². The zero-order valence-electron chi connectivity index (χ0n) is 12.1. The van der Waals surface area contributed by atoms with Crippen LogP contribution in [0.25, 0.3) is 0 Å². The second-order valence-electron chi connectivity index (χ2n) is 6.32. The van der Waals surface area contributed by atoms with Crippen LogP contribution in [0.4, 0.5) is 0 Å². The molecule has 1 atom stereocenters. The highest BCUT2D eigenvalue weighted by atomic mass is 35.5. The van der Waals surface area contributed by atoms with Crippen LogP contribution in [0.3, 0.4) is 0 Å². The zero-order valence-corrected chi connectivity index (χ0v) is 12.9. The highest BCUT2D eigenvalue weighted by Crippen LogP contribution is 2.39. The molecule has 0 fully saturated rings. The van der Waals surface area contributed by atoms with Gasteiger partial charge in [0.25, 0.3) is 0 Å². The summed E-state index contributed by atoms with van der Waals surface area (Å²) in [5.41, 5.74) is 0.337. The number of nitrogens with zero attached hydrogens (tertiary/aromatic N) is 1. The highest BCUT2D eigenvalue weighted by molar-refractivity contribution is 6.30. The second kappa shape index (κ2) is 5.55. The van der Waals surface area contributed by atoms with Crippen molar-refractivity contribution in [1.29, 1.82) is 0 Å². The molecule has 0 unspecified atom stereocenters. The van der Waals surface area contributed by atoms with Gasteiger partial charge >= 0.3 is 0 Å². The Labute approximate surface area is 125 Å². The molecule has 0 amide bonds. The van der Waals surface area contributed by atoms with E-state index in [2.05, 4.69) is 25.8 Å². The Kier molecular flexibility index (Phi) is 4.17. The van der Waals surface area contributed by atoms with Crippen LogP contribution < -0.4 is 0 Å². The van der Waals surface area contributed by atoms with Crippen LogP contribution in [-0.2, 0) is 5.60 Å². The average molecular weight is 290 g/mol. The predicted molar refractivity (Wildman–Crippen MR) is 82.8 cm³/mol. The summed E-state index contributed by atoms with van der Waals surface area (Å²) in [7, 11) is 0. The van der Waals surface area contributed by atoms with Gasteiger partial charge < -0.3 is 5.11 Å². The van der Waals surface area contributed by atoms with Crippen molar-refractivity contribution in [3.8, 4) is 0 Å². The normalized spacial score (nSPS) is 14.8. The Morgan fingerprint density at radius 2 is 1.70 bits per heavy atom. The van der Waals surface area contributed by atoms with Gasteiger partial charge in [-0.3, -0.25) is 4.98 Å². The Morgan fingerprint density at radius 1 is 1.05 bits per heavy atom. The lowest BCUT2D eigenvalue weighted by Crippen LogP contribution is -2.33. The number of aromatic nitrogens is 1. The van der Waals surface area contributed by atoms with Gasteiger partial charge in [0.2, 0.25) is 0 Å². The van der Waals surface area contributed by atoms with Crippen molar-refractivity contribution in [3.63, 3.8) is 0 Å². The average Bonchev–Trinajstić information content (AvgIpc) is 2.38. The first kappa shape index (κ1) is 15.0. The monoisotopic (exact) mass is 289 g/mol. The number of halogens is 1. The molecule has 2 nitrogen and oxygen atoms in total. The largest absolute Gasteiger partial charge is 0.379 e. The number of rotatable bonds is 3. The van der Waals surface area contributed by atoms with Crippen molar-refractivity contribution in [2.75, 3.05) is 0 Å². The van der Waals surface area contributed by atoms with Crippen molar-refractivity contribution in [2.45, 2.75) is 32.8 Å². The van der Waals surface area contributed by atoms with Gasteiger partial charge in [0, 0.05) is 11.2 Å². The Bertz CT molecular complexity index is 560. The quantitative estimate of drug-likeness (QED) is 0.908. The summed E-state index contributed by atoms with van der Waals surface area (Å²) in [6.45, 7) is 6.32. The third-order valence-corrected chi connectivity index (χ3v) is 3.45. The third kappa shape index (κ3) is 3.38. The molecule has 2 aromatic rings. The van der Waals surface area contributed by atoms with Gasteiger partial charge in [0.05, 0.1) is 5.69 Å². The van der Waals surface area contributed by atoms with Crippen LogP contribution in [0.2, 0.25) is 5.02 Å². The fourth-order valence-corrected chi connectivity index (χ4v) is 2.57. The molecular formula is C17H20ClNO. The molecule has 1 heterocycles. The summed E-state index contributed by atoms with van der Waals surface area (Å²) in [6, 6.07) is 12.9. The molecule has 0 saturated heterocycles. The maximum Gasteiger partial charge on any atom is 0.132 e. The standard InChI is InChI=1S/C17H20ClNO/c1-16(2,3)12-17(20,15-6-4-5-11-19-15)13-7-9-14(18)10-8-13/h4-11,20H,12H2,1-3H3/t17-/m1/s1. The van der Waals surface area contributed by atoms with Gasteiger partial charge in [-0.05, 0) is 41.7 Å². The molecule has 0 bridgehead atoms. The fourth-order valence-electron chi connectivity index (χ4n) is 2.44. The molecule has 3 heteroatoms. The summed E-state index contributed by atoms with van der Waals surface area (Å²) in [6.07, 6.45) is 2.29. The molecule has 1 aromatic carbocycles. The lowest BCUT2D eigenvalue weighted by atomic mass is 9.76. The van der Waals surface area contributed by atoms with Crippen molar-refractivity contribution < 1.29 is 5.11 Å². The van der Waals surface area contributed by atoms with Crippen LogP contribution in [0.15, 0.2) is 48.7 Å². The van der Waals surface area contributed by atoms with E-state index in [0.29, 0.717) is 17.1 Å². The van der Waals surface area contributed by atoms with Gasteiger partial charge in [-0.2, -0.15) is 0 Å². The molecule has 0 radical (unpaired) electrons. The molecule has 0 aliphatic heterocycles. The lowest BCUT2D eigenvalue weighted by Gasteiger charge is -2.34. The molecule has 0 aliphatic carbocycles. The number of pyridine rings is 1. The predicted octanol–water partition coefficient (Wildman–Crippen LogP) is 4.41. The topological polar surface area (TPSA) is 33.1 Å². The smallest absolute Gasteiger partial charge is 0.132 e. The van der Waals surface area contributed by atoms with Crippen molar-refractivity contribution >= 4 is 11.6 Å². The first-order chi connectivity index (χ1) is 9.31. The molecular weight excluding hydrogens is 270 g/mol. The van der Waals surface area contributed by atoms with Gasteiger partial charge in [0.15, 0.2) is 0 Å². The minimum Gasteiger partial charge on any atom is -0.379 e. The van der Waals surface area contributed by atoms with E-state index < -0.39 is 5.60 Å². The SMILES string of the molecule is CC(C)(C)C[C@@](O)(c1ccc(Cl)cc1)c1ccccn1. The number of aliphatic hydroxyl groups is 1. The number of hydrogen-bond donors (Lipinski definition) is 1. The van der Waals surface area contributed by atoms with E-state index >= 15 is 0 Å². The lowest BCUT2D eigenvalue weighted by molar-refractivity contribution is 0.0322. The first-order valence-corrected chi connectivity index (χ1v) is 7.09. The van der Waals surface area contributed by atoms with Crippen LogP contribution in [0.5, 0.6) is 0 Å². The van der Waals surface area contributed by atoms with E-state index in [-0.39, 0.29) is 5.41 Å². The third-order valence-electron chi connectivity index (χ3n) is 3.20. The zero-order chi connectivity index (χ0) is 14.8. The van der Waals surface area contributed by atoms with Crippen LogP contribution in [0.1, 0.15) is 38.4 Å². The molecule has 1 N–H and O–H groups in total. The minimum absolute atomic E-state index is 0.0358. The summed E-state index contributed by atoms with van der Waals surface area (Å²) in [5.74, 6) is 0. The maximum absolute atomic E-state index is 11.3. The van der Waals surface area contributed by atoms with E-state index in [9.17, 15) is 5.11 Å². The molecule has 106 valence electrons. The summed E-state index contributed by atoms with van der Waals surface area (Å²) in [5, 5.41) is 11.9. The molecule has 2 rings (SSSR count). The summed E-state index contributed by atoms with van der Waals surface area (Å²) >= 11 is 5.94. The molecule has 0 saturated carbocycles. The Balaban J connectivity index is 2.52. The Morgan fingerprint density at radius 3 is 2.20 bits per heavy atom. The van der Waals surface area contributed by atoms with Crippen LogP contribution in [0, 0.1) is 5.41 Å². The Hall–Kier alpha value is -1.38. The maximum atomic E-state index is 11.3. The fraction of sp³-hybridized carbons (Fsp3) is 0.353. The van der Waals surface area contributed by atoms with E-state index in [1.807, 2.05) is 30.3 Å². The first-order valence-electron chi connectivity index (χ1n) is 6.71. The van der Waals surface area contributed by atoms with E-state index in [1.165, 1.54) is 0 Å². The highest BCUT2D eigenvalue weighted by Gasteiger charge is 2.37. The molecule has 20 heavy (non-hydrogen) atoms. The van der Waals surface area contributed by atoms with E-state index in [1.54, 1.807) is 18.3 Å². The van der Waals surface area contributed by atoms with Gasteiger partial charge in [-0.25, -0.2) is 0 Å². The van der Waals surface area contributed by atoms with E-state index in [0.717, 1.165) is 5.56 Å². The van der Waals surface area contributed by atoms with Crippen LogP contribution >= 0.6 is 11.6 Å². The summed E-state index contributed by atoms with van der Waals surface area (Å²) < 4.78 is 0. The number of hydrogen-bond acceptors (Lipinski definition) is 2.